The van der Waals surface area contributed by atoms with Gasteiger partial charge in [-0.05, 0) is 75.5 Å². The standard InChI is InChI=1S/C18H30N2O/c1-15(17-7-5-10-19-13-17)9-11-20(2)14-16-6-4-8-18(12-16)21-3/h4,6,8,12,15,17,19H,5,7,9-11,13-14H2,1-3H3. The molecule has 0 aromatic heterocycles. The maximum atomic E-state index is 5.29. The first-order valence-electron chi connectivity index (χ1n) is 8.21. The van der Waals surface area contributed by atoms with Crippen molar-refractivity contribution in [2.24, 2.45) is 11.8 Å². The van der Waals surface area contributed by atoms with Crippen molar-refractivity contribution in [1.29, 1.82) is 0 Å². The fourth-order valence-corrected chi connectivity index (χ4v) is 3.19. The van der Waals surface area contributed by atoms with Crippen LogP contribution in [0, 0.1) is 11.8 Å². The maximum absolute atomic E-state index is 5.29. The second-order valence-corrected chi connectivity index (χ2v) is 6.46. The van der Waals surface area contributed by atoms with Gasteiger partial charge in [-0.3, -0.25) is 0 Å². The Hall–Kier alpha value is -1.06. The van der Waals surface area contributed by atoms with Crippen molar-refractivity contribution in [3.05, 3.63) is 29.8 Å². The smallest absolute Gasteiger partial charge is 0.119 e. The third kappa shape index (κ3) is 5.33. The Morgan fingerprint density at radius 2 is 2.29 bits per heavy atom. The highest BCUT2D eigenvalue weighted by Crippen LogP contribution is 2.23. The molecular formula is C18H30N2O. The highest BCUT2D eigenvalue weighted by molar-refractivity contribution is 5.28. The largest absolute Gasteiger partial charge is 0.497 e. The van der Waals surface area contributed by atoms with Crippen LogP contribution in [0.1, 0.15) is 31.7 Å². The second kappa shape index (κ2) is 8.40. The van der Waals surface area contributed by atoms with E-state index in [1.54, 1.807) is 7.11 Å². The summed E-state index contributed by atoms with van der Waals surface area (Å²) in [5.74, 6) is 2.62. The van der Waals surface area contributed by atoms with Crippen molar-refractivity contribution in [1.82, 2.24) is 10.2 Å². The van der Waals surface area contributed by atoms with Crippen LogP contribution in [0.15, 0.2) is 24.3 Å². The summed E-state index contributed by atoms with van der Waals surface area (Å²) in [4.78, 5) is 2.42. The van der Waals surface area contributed by atoms with Crippen molar-refractivity contribution < 1.29 is 4.74 Å². The lowest BCUT2D eigenvalue weighted by atomic mass is 9.85. The average Bonchev–Trinajstić information content (AvgIpc) is 2.53. The van der Waals surface area contributed by atoms with Gasteiger partial charge in [-0.25, -0.2) is 0 Å². The first-order valence-corrected chi connectivity index (χ1v) is 8.21. The van der Waals surface area contributed by atoms with Crippen LogP contribution >= 0.6 is 0 Å². The fourth-order valence-electron chi connectivity index (χ4n) is 3.19. The molecule has 0 radical (unpaired) electrons. The highest BCUT2D eigenvalue weighted by atomic mass is 16.5. The fraction of sp³-hybridized carbons (Fsp3) is 0.667. The summed E-state index contributed by atoms with van der Waals surface area (Å²) in [6.45, 7) is 6.98. The van der Waals surface area contributed by atoms with Gasteiger partial charge in [0.1, 0.15) is 5.75 Å². The Bertz CT molecular complexity index is 415. The molecule has 1 aliphatic heterocycles. The van der Waals surface area contributed by atoms with Crippen LogP contribution in [0.2, 0.25) is 0 Å². The summed E-state index contributed by atoms with van der Waals surface area (Å²) in [5, 5.41) is 3.53. The predicted molar refractivity (Wildman–Crippen MR) is 88.7 cm³/mol. The molecule has 0 aliphatic carbocycles. The van der Waals surface area contributed by atoms with Crippen LogP contribution in [0.4, 0.5) is 0 Å². The summed E-state index contributed by atoms with van der Waals surface area (Å²) in [7, 11) is 3.94. The van der Waals surface area contributed by atoms with Gasteiger partial charge in [0.05, 0.1) is 7.11 Å². The van der Waals surface area contributed by atoms with Gasteiger partial charge in [-0.1, -0.05) is 19.1 Å². The van der Waals surface area contributed by atoms with Gasteiger partial charge in [0.25, 0.3) is 0 Å². The van der Waals surface area contributed by atoms with Crippen molar-refractivity contribution in [2.75, 3.05) is 33.8 Å². The van der Waals surface area contributed by atoms with E-state index in [1.807, 2.05) is 6.07 Å². The van der Waals surface area contributed by atoms with E-state index in [2.05, 4.69) is 42.4 Å². The molecule has 118 valence electrons. The zero-order chi connectivity index (χ0) is 15.1. The summed E-state index contributed by atoms with van der Waals surface area (Å²) in [6, 6.07) is 8.37. The lowest BCUT2D eigenvalue weighted by molar-refractivity contribution is 0.229. The SMILES string of the molecule is COc1cccc(CN(C)CCC(C)C2CCCNC2)c1. The first kappa shape index (κ1) is 16.3. The van der Waals surface area contributed by atoms with Gasteiger partial charge in [0.15, 0.2) is 0 Å². The van der Waals surface area contributed by atoms with Crippen LogP contribution in [0.25, 0.3) is 0 Å². The van der Waals surface area contributed by atoms with Gasteiger partial charge in [-0.2, -0.15) is 0 Å². The summed E-state index contributed by atoms with van der Waals surface area (Å²) >= 11 is 0. The lowest BCUT2D eigenvalue weighted by Crippen LogP contribution is -2.34. The zero-order valence-electron chi connectivity index (χ0n) is 13.8. The molecule has 2 atom stereocenters. The molecule has 0 saturated carbocycles. The summed E-state index contributed by atoms with van der Waals surface area (Å²) in [5.41, 5.74) is 1.32. The molecule has 2 unspecified atom stereocenters. The Morgan fingerprint density at radius 1 is 1.43 bits per heavy atom. The monoisotopic (exact) mass is 290 g/mol. The topological polar surface area (TPSA) is 24.5 Å². The Balaban J connectivity index is 1.74. The second-order valence-electron chi connectivity index (χ2n) is 6.46. The molecule has 1 N–H and O–H groups in total. The molecule has 3 nitrogen and oxygen atoms in total. The van der Waals surface area contributed by atoms with Crippen LogP contribution in [-0.4, -0.2) is 38.7 Å². The third-order valence-corrected chi connectivity index (χ3v) is 4.69. The van der Waals surface area contributed by atoms with Crippen LogP contribution in [-0.2, 0) is 6.54 Å². The van der Waals surface area contributed by atoms with E-state index in [4.69, 9.17) is 4.74 Å². The minimum Gasteiger partial charge on any atom is -0.497 e. The number of ether oxygens (including phenoxy) is 1. The molecule has 21 heavy (non-hydrogen) atoms. The molecule has 1 aromatic carbocycles. The Morgan fingerprint density at radius 3 is 3.00 bits per heavy atom. The summed E-state index contributed by atoms with van der Waals surface area (Å²) < 4.78 is 5.29. The van der Waals surface area contributed by atoms with Gasteiger partial charge < -0.3 is 15.0 Å². The number of nitrogens with zero attached hydrogens (tertiary/aromatic N) is 1. The van der Waals surface area contributed by atoms with E-state index in [0.29, 0.717) is 0 Å². The normalized spacial score (nSPS) is 20.5. The maximum Gasteiger partial charge on any atom is 0.119 e. The van der Waals surface area contributed by atoms with Crippen LogP contribution in [0.3, 0.4) is 0 Å². The van der Waals surface area contributed by atoms with Crippen molar-refractivity contribution in [3.8, 4) is 5.75 Å². The van der Waals surface area contributed by atoms with E-state index >= 15 is 0 Å². The number of piperidine rings is 1. The quantitative estimate of drug-likeness (QED) is 0.835. The zero-order valence-corrected chi connectivity index (χ0v) is 13.8. The molecule has 0 amide bonds. The average molecular weight is 290 g/mol. The molecule has 0 bridgehead atoms. The molecule has 3 heteroatoms. The van der Waals surface area contributed by atoms with Crippen molar-refractivity contribution in [2.45, 2.75) is 32.7 Å². The van der Waals surface area contributed by atoms with Gasteiger partial charge in [-0.15, -0.1) is 0 Å². The van der Waals surface area contributed by atoms with Crippen molar-refractivity contribution >= 4 is 0 Å². The summed E-state index contributed by atoms with van der Waals surface area (Å²) in [6.07, 6.45) is 4.02. The number of rotatable bonds is 7. The van der Waals surface area contributed by atoms with E-state index < -0.39 is 0 Å². The lowest BCUT2D eigenvalue weighted by Gasteiger charge is -2.29. The van der Waals surface area contributed by atoms with Gasteiger partial charge in [0, 0.05) is 6.54 Å². The Labute approximate surface area is 129 Å². The number of nitrogens with one attached hydrogen (secondary N) is 1. The molecule has 1 fully saturated rings. The number of hydrogen-bond donors (Lipinski definition) is 1. The van der Waals surface area contributed by atoms with Crippen molar-refractivity contribution in [3.63, 3.8) is 0 Å². The molecule has 1 aliphatic rings. The van der Waals surface area contributed by atoms with Gasteiger partial charge in [0.2, 0.25) is 0 Å². The first-order chi connectivity index (χ1) is 10.2. The molecule has 1 aromatic rings. The molecule has 0 spiro atoms. The molecule has 1 heterocycles. The molecule has 2 rings (SSSR count). The number of methoxy groups -OCH3 is 1. The molecule has 1 saturated heterocycles. The van der Waals surface area contributed by atoms with Gasteiger partial charge >= 0.3 is 0 Å². The minimum atomic E-state index is 0.811. The van der Waals surface area contributed by atoms with Crippen LogP contribution in [0.5, 0.6) is 5.75 Å². The Kier molecular flexibility index (Phi) is 6.52. The van der Waals surface area contributed by atoms with E-state index in [0.717, 1.165) is 30.7 Å². The minimum absolute atomic E-state index is 0.811. The molecular weight excluding hydrogens is 260 g/mol. The van der Waals surface area contributed by atoms with E-state index in [9.17, 15) is 0 Å². The number of hydrogen-bond acceptors (Lipinski definition) is 3. The third-order valence-electron chi connectivity index (χ3n) is 4.69. The van der Waals surface area contributed by atoms with E-state index in [-0.39, 0.29) is 0 Å². The number of benzene rings is 1. The highest BCUT2D eigenvalue weighted by Gasteiger charge is 2.19. The predicted octanol–water partition coefficient (Wildman–Crippen LogP) is 3.15. The van der Waals surface area contributed by atoms with Crippen LogP contribution < -0.4 is 10.1 Å². The van der Waals surface area contributed by atoms with E-state index in [1.165, 1.54) is 37.9 Å².